The van der Waals surface area contributed by atoms with Gasteiger partial charge in [-0.05, 0) is 35.9 Å². The summed E-state index contributed by atoms with van der Waals surface area (Å²) >= 11 is 0. The average Bonchev–Trinajstić information content (AvgIpc) is 2.48. The summed E-state index contributed by atoms with van der Waals surface area (Å²) in [5.41, 5.74) is 4.00. The highest BCUT2D eigenvalue weighted by Crippen LogP contribution is 2.10. The number of phenolic OH excluding ortho intramolecular Hbond substituents is 1. The fraction of sp³-hybridized carbons (Fsp3) is 0. The van der Waals surface area contributed by atoms with Gasteiger partial charge in [0.05, 0.1) is 17.8 Å². The maximum atomic E-state index is 11.7. The maximum absolute atomic E-state index is 11.7. The van der Waals surface area contributed by atoms with Crippen molar-refractivity contribution in [3.63, 3.8) is 0 Å². The zero-order valence-electron chi connectivity index (χ0n) is 10.4. The Hall–Kier alpha value is -3.13. The smallest absolute Gasteiger partial charge is 0.271 e. The van der Waals surface area contributed by atoms with Crippen LogP contribution in [-0.2, 0) is 0 Å². The summed E-state index contributed by atoms with van der Waals surface area (Å²) in [5, 5.41) is 21.7. The molecule has 98 valence electrons. The molecule has 1 amide bonds. The van der Waals surface area contributed by atoms with Gasteiger partial charge >= 0.3 is 0 Å². The number of nitrogens with zero attached hydrogens (tertiary/aromatic N) is 2. The van der Waals surface area contributed by atoms with Crippen molar-refractivity contribution >= 4 is 12.1 Å². The van der Waals surface area contributed by atoms with E-state index >= 15 is 0 Å². The third-order valence-electron chi connectivity index (χ3n) is 2.53. The Balaban J connectivity index is 1.99. The number of carbonyl (C=O) groups excluding carboxylic acids is 1. The minimum absolute atomic E-state index is 0.0220. The number of carbonyl (C=O) groups is 1. The standard InChI is InChI=1S/C15H11N3O2/c16-9-11-4-6-12(7-5-11)10-17-18-15(20)13-2-1-3-14(19)8-13/h1-8,10,19H,(H,18,20)/b17-10-. The summed E-state index contributed by atoms with van der Waals surface area (Å²) < 4.78 is 0. The lowest BCUT2D eigenvalue weighted by molar-refractivity contribution is 0.0954. The molecule has 0 aliphatic carbocycles. The molecule has 0 saturated heterocycles. The topological polar surface area (TPSA) is 85.5 Å². The fourth-order valence-corrected chi connectivity index (χ4v) is 1.52. The van der Waals surface area contributed by atoms with Gasteiger partial charge in [-0.3, -0.25) is 4.79 Å². The third-order valence-corrected chi connectivity index (χ3v) is 2.53. The Morgan fingerprint density at radius 1 is 1.25 bits per heavy atom. The quantitative estimate of drug-likeness (QED) is 0.657. The molecule has 0 bridgehead atoms. The second kappa shape index (κ2) is 6.16. The molecule has 0 atom stereocenters. The van der Waals surface area contributed by atoms with E-state index in [2.05, 4.69) is 10.5 Å². The Bertz CT molecular complexity index is 685. The van der Waals surface area contributed by atoms with E-state index in [1.54, 1.807) is 36.4 Å². The van der Waals surface area contributed by atoms with Crippen LogP contribution < -0.4 is 5.43 Å². The van der Waals surface area contributed by atoms with Crippen LogP contribution in [0.2, 0.25) is 0 Å². The highest BCUT2D eigenvalue weighted by molar-refractivity contribution is 5.95. The maximum Gasteiger partial charge on any atom is 0.271 e. The first kappa shape index (κ1) is 13.3. The van der Waals surface area contributed by atoms with Gasteiger partial charge in [-0.25, -0.2) is 5.43 Å². The van der Waals surface area contributed by atoms with Crippen molar-refractivity contribution in [1.82, 2.24) is 5.43 Å². The summed E-state index contributed by atoms with van der Waals surface area (Å²) in [7, 11) is 0. The lowest BCUT2D eigenvalue weighted by Crippen LogP contribution is -2.17. The van der Waals surface area contributed by atoms with Gasteiger partial charge in [0.2, 0.25) is 0 Å². The lowest BCUT2D eigenvalue weighted by atomic mass is 10.2. The van der Waals surface area contributed by atoms with Gasteiger partial charge in [0, 0.05) is 5.56 Å². The molecule has 0 spiro atoms. The third kappa shape index (κ3) is 3.43. The molecule has 0 unspecified atom stereocenters. The highest BCUT2D eigenvalue weighted by Gasteiger charge is 2.03. The van der Waals surface area contributed by atoms with Crippen molar-refractivity contribution in [2.24, 2.45) is 5.10 Å². The van der Waals surface area contributed by atoms with E-state index in [9.17, 15) is 9.90 Å². The minimum atomic E-state index is -0.411. The number of hydrogen-bond donors (Lipinski definition) is 2. The Kier molecular flexibility index (Phi) is 4.10. The van der Waals surface area contributed by atoms with Gasteiger partial charge in [0.15, 0.2) is 0 Å². The van der Waals surface area contributed by atoms with E-state index < -0.39 is 5.91 Å². The minimum Gasteiger partial charge on any atom is -0.508 e. The van der Waals surface area contributed by atoms with Crippen LogP contribution in [0.5, 0.6) is 5.75 Å². The van der Waals surface area contributed by atoms with E-state index in [-0.39, 0.29) is 5.75 Å². The van der Waals surface area contributed by atoms with Crippen LogP contribution >= 0.6 is 0 Å². The monoisotopic (exact) mass is 265 g/mol. The number of nitriles is 1. The average molecular weight is 265 g/mol. The van der Waals surface area contributed by atoms with Gasteiger partial charge in [-0.15, -0.1) is 0 Å². The van der Waals surface area contributed by atoms with E-state index in [0.717, 1.165) is 5.56 Å². The molecule has 0 aliphatic rings. The van der Waals surface area contributed by atoms with Crippen LogP contribution in [-0.4, -0.2) is 17.2 Å². The molecule has 0 radical (unpaired) electrons. The molecule has 0 heterocycles. The largest absolute Gasteiger partial charge is 0.508 e. The first-order valence-corrected chi connectivity index (χ1v) is 5.81. The number of hydrogen-bond acceptors (Lipinski definition) is 4. The second-order valence-electron chi connectivity index (χ2n) is 3.98. The Morgan fingerprint density at radius 2 is 2.00 bits per heavy atom. The number of rotatable bonds is 3. The van der Waals surface area contributed by atoms with Crippen molar-refractivity contribution in [3.05, 3.63) is 65.2 Å². The molecule has 0 saturated carbocycles. The fourth-order valence-electron chi connectivity index (χ4n) is 1.52. The van der Waals surface area contributed by atoms with Crippen molar-refractivity contribution in [1.29, 1.82) is 5.26 Å². The van der Waals surface area contributed by atoms with E-state index in [0.29, 0.717) is 11.1 Å². The zero-order valence-corrected chi connectivity index (χ0v) is 10.4. The van der Waals surface area contributed by atoms with Crippen LogP contribution in [0.25, 0.3) is 0 Å². The molecule has 2 aromatic rings. The van der Waals surface area contributed by atoms with Crippen molar-refractivity contribution < 1.29 is 9.90 Å². The number of nitrogens with one attached hydrogen (secondary N) is 1. The lowest BCUT2D eigenvalue weighted by Gasteiger charge is -2.00. The van der Waals surface area contributed by atoms with Gasteiger partial charge in [0.25, 0.3) is 5.91 Å². The van der Waals surface area contributed by atoms with E-state index in [4.69, 9.17) is 5.26 Å². The predicted molar refractivity (Wildman–Crippen MR) is 74.3 cm³/mol. The van der Waals surface area contributed by atoms with Crippen molar-refractivity contribution in [3.8, 4) is 11.8 Å². The second-order valence-corrected chi connectivity index (χ2v) is 3.98. The molecule has 0 fully saturated rings. The van der Waals surface area contributed by atoms with Crippen LogP contribution in [0.15, 0.2) is 53.6 Å². The number of hydrazone groups is 1. The first-order valence-electron chi connectivity index (χ1n) is 5.81. The van der Waals surface area contributed by atoms with Gasteiger partial charge < -0.3 is 5.11 Å². The first-order chi connectivity index (χ1) is 9.69. The normalized spacial score (nSPS) is 10.2. The van der Waals surface area contributed by atoms with Crippen LogP contribution in [0.1, 0.15) is 21.5 Å². The number of benzene rings is 2. The van der Waals surface area contributed by atoms with E-state index in [1.165, 1.54) is 18.3 Å². The number of phenols is 1. The number of amides is 1. The molecule has 2 aromatic carbocycles. The molecular weight excluding hydrogens is 254 g/mol. The number of aromatic hydroxyl groups is 1. The van der Waals surface area contributed by atoms with Crippen LogP contribution in [0, 0.1) is 11.3 Å². The van der Waals surface area contributed by atoms with Crippen LogP contribution in [0.3, 0.4) is 0 Å². The SMILES string of the molecule is N#Cc1ccc(/C=N\NC(=O)c2cccc(O)c2)cc1. The van der Waals surface area contributed by atoms with E-state index in [1.807, 2.05) is 6.07 Å². The molecule has 0 aromatic heterocycles. The molecule has 5 nitrogen and oxygen atoms in total. The molecule has 20 heavy (non-hydrogen) atoms. The summed E-state index contributed by atoms with van der Waals surface area (Å²) in [6.45, 7) is 0. The van der Waals surface area contributed by atoms with Crippen molar-refractivity contribution in [2.75, 3.05) is 0 Å². The van der Waals surface area contributed by atoms with Gasteiger partial charge in [-0.1, -0.05) is 18.2 Å². The molecule has 2 N–H and O–H groups in total. The predicted octanol–water partition coefficient (Wildman–Crippen LogP) is 2.03. The summed E-state index contributed by atoms with van der Waals surface area (Å²) in [5.74, 6) is -0.389. The summed E-state index contributed by atoms with van der Waals surface area (Å²) in [6, 6.07) is 14.8. The summed E-state index contributed by atoms with van der Waals surface area (Å²) in [4.78, 5) is 11.7. The van der Waals surface area contributed by atoms with Gasteiger partial charge in [-0.2, -0.15) is 10.4 Å². The molecule has 2 rings (SSSR count). The molecule has 0 aliphatic heterocycles. The van der Waals surface area contributed by atoms with Crippen LogP contribution in [0.4, 0.5) is 0 Å². The molecular formula is C15H11N3O2. The Morgan fingerprint density at radius 3 is 2.65 bits per heavy atom. The van der Waals surface area contributed by atoms with Crippen molar-refractivity contribution in [2.45, 2.75) is 0 Å². The summed E-state index contributed by atoms with van der Waals surface area (Å²) in [6.07, 6.45) is 1.47. The zero-order chi connectivity index (χ0) is 14.4. The molecule has 5 heteroatoms. The Labute approximate surface area is 115 Å². The highest BCUT2D eigenvalue weighted by atomic mass is 16.3. The van der Waals surface area contributed by atoms with Gasteiger partial charge in [0.1, 0.15) is 5.75 Å².